The number of hydrogen-bond donors (Lipinski definition) is 1. The molecule has 80 valence electrons. The lowest BCUT2D eigenvalue weighted by atomic mass is 10.2. The molecule has 1 aromatic heterocycles. The fourth-order valence-electron chi connectivity index (χ4n) is 1.18. The summed E-state index contributed by atoms with van der Waals surface area (Å²) in [6, 6.07) is 2.38. The number of aromatic nitrogens is 1. The fraction of sp³-hybridized carbons (Fsp3) is 0.700. The first-order valence-electron chi connectivity index (χ1n) is 4.87. The van der Waals surface area contributed by atoms with Gasteiger partial charge in [-0.1, -0.05) is 5.16 Å². The molecule has 0 fully saturated rings. The van der Waals surface area contributed by atoms with Crippen LogP contribution in [0, 0.1) is 6.92 Å². The first-order chi connectivity index (χ1) is 6.72. The van der Waals surface area contributed by atoms with Gasteiger partial charge >= 0.3 is 0 Å². The van der Waals surface area contributed by atoms with Gasteiger partial charge in [0.05, 0.1) is 5.69 Å². The zero-order valence-corrected chi connectivity index (χ0v) is 9.04. The highest BCUT2D eigenvalue weighted by molar-refractivity contribution is 5.02. The molecule has 1 heterocycles. The number of rotatable bonds is 6. The Labute approximate surface area is 84.6 Å². The minimum absolute atomic E-state index is 0.437. The standard InChI is InChI=1S/C10H18N2O2/c1-8(4-5-13-3)11-7-10-6-9(2)14-12-10/h6,8,11H,4-5,7H2,1-3H3. The monoisotopic (exact) mass is 198 g/mol. The molecule has 0 aliphatic rings. The van der Waals surface area contributed by atoms with Gasteiger partial charge in [-0.05, 0) is 20.3 Å². The predicted molar refractivity (Wildman–Crippen MR) is 54.0 cm³/mol. The molecular formula is C10H18N2O2. The van der Waals surface area contributed by atoms with E-state index in [9.17, 15) is 0 Å². The molecule has 4 heteroatoms. The Morgan fingerprint density at radius 2 is 2.43 bits per heavy atom. The van der Waals surface area contributed by atoms with Gasteiger partial charge in [-0.2, -0.15) is 0 Å². The molecule has 1 N–H and O–H groups in total. The second-order valence-electron chi connectivity index (χ2n) is 3.49. The van der Waals surface area contributed by atoms with Crippen LogP contribution in [0.5, 0.6) is 0 Å². The summed E-state index contributed by atoms with van der Waals surface area (Å²) in [5, 5.41) is 7.24. The minimum atomic E-state index is 0.437. The Balaban J connectivity index is 2.20. The predicted octanol–water partition coefficient (Wildman–Crippen LogP) is 1.50. The highest BCUT2D eigenvalue weighted by Gasteiger charge is 2.03. The smallest absolute Gasteiger partial charge is 0.133 e. The molecule has 0 radical (unpaired) electrons. The molecule has 1 atom stereocenters. The van der Waals surface area contributed by atoms with Crippen molar-refractivity contribution in [3.8, 4) is 0 Å². The van der Waals surface area contributed by atoms with Crippen molar-refractivity contribution in [1.29, 1.82) is 0 Å². The highest BCUT2D eigenvalue weighted by atomic mass is 16.5. The van der Waals surface area contributed by atoms with Gasteiger partial charge in [0, 0.05) is 32.4 Å². The van der Waals surface area contributed by atoms with Gasteiger partial charge in [-0.3, -0.25) is 0 Å². The van der Waals surface area contributed by atoms with Crippen LogP contribution in [0.2, 0.25) is 0 Å². The number of hydrogen-bond acceptors (Lipinski definition) is 4. The Kier molecular flexibility index (Phi) is 4.62. The molecule has 0 saturated carbocycles. The first-order valence-corrected chi connectivity index (χ1v) is 4.87. The Hall–Kier alpha value is -0.870. The lowest BCUT2D eigenvalue weighted by Crippen LogP contribution is -2.26. The van der Waals surface area contributed by atoms with Gasteiger partial charge in [-0.25, -0.2) is 0 Å². The fourth-order valence-corrected chi connectivity index (χ4v) is 1.18. The second kappa shape index (κ2) is 5.78. The van der Waals surface area contributed by atoms with E-state index in [-0.39, 0.29) is 0 Å². The van der Waals surface area contributed by atoms with Crippen molar-refractivity contribution in [3.63, 3.8) is 0 Å². The van der Waals surface area contributed by atoms with Crippen molar-refractivity contribution in [1.82, 2.24) is 10.5 Å². The van der Waals surface area contributed by atoms with E-state index >= 15 is 0 Å². The molecule has 0 aliphatic heterocycles. The van der Waals surface area contributed by atoms with Crippen LogP contribution >= 0.6 is 0 Å². The number of nitrogens with one attached hydrogen (secondary N) is 1. The van der Waals surface area contributed by atoms with E-state index in [2.05, 4.69) is 17.4 Å². The summed E-state index contributed by atoms with van der Waals surface area (Å²) < 4.78 is 9.96. The molecule has 0 aromatic carbocycles. The van der Waals surface area contributed by atoms with E-state index in [0.717, 1.165) is 31.0 Å². The average molecular weight is 198 g/mol. The van der Waals surface area contributed by atoms with Gasteiger partial charge < -0.3 is 14.6 Å². The lowest BCUT2D eigenvalue weighted by molar-refractivity contribution is 0.184. The summed E-state index contributed by atoms with van der Waals surface area (Å²) >= 11 is 0. The zero-order chi connectivity index (χ0) is 10.4. The SMILES string of the molecule is COCCC(C)NCc1cc(C)on1. The maximum atomic E-state index is 4.99. The van der Waals surface area contributed by atoms with Gasteiger partial charge in [0.15, 0.2) is 0 Å². The summed E-state index contributed by atoms with van der Waals surface area (Å²) in [6.45, 7) is 5.56. The van der Waals surface area contributed by atoms with Crippen LogP contribution in [0.25, 0.3) is 0 Å². The molecule has 1 unspecified atom stereocenters. The van der Waals surface area contributed by atoms with Crippen molar-refractivity contribution >= 4 is 0 Å². The maximum Gasteiger partial charge on any atom is 0.133 e. The summed E-state index contributed by atoms with van der Waals surface area (Å²) in [5.41, 5.74) is 0.951. The zero-order valence-electron chi connectivity index (χ0n) is 9.04. The molecule has 0 amide bonds. The molecule has 0 saturated heterocycles. The van der Waals surface area contributed by atoms with E-state index in [1.54, 1.807) is 7.11 Å². The van der Waals surface area contributed by atoms with Crippen LogP contribution in [0.15, 0.2) is 10.6 Å². The Bertz CT molecular complexity index is 260. The van der Waals surface area contributed by atoms with E-state index < -0.39 is 0 Å². The number of methoxy groups -OCH3 is 1. The van der Waals surface area contributed by atoms with Crippen molar-refractivity contribution < 1.29 is 9.26 Å². The topological polar surface area (TPSA) is 47.3 Å². The largest absolute Gasteiger partial charge is 0.385 e. The second-order valence-corrected chi connectivity index (χ2v) is 3.49. The van der Waals surface area contributed by atoms with Gasteiger partial charge in [0.2, 0.25) is 0 Å². The van der Waals surface area contributed by atoms with Crippen LogP contribution in [-0.4, -0.2) is 24.9 Å². The van der Waals surface area contributed by atoms with Gasteiger partial charge in [-0.15, -0.1) is 0 Å². The molecule has 0 aliphatic carbocycles. The van der Waals surface area contributed by atoms with E-state index in [4.69, 9.17) is 9.26 Å². The Morgan fingerprint density at radius 3 is 3.00 bits per heavy atom. The van der Waals surface area contributed by atoms with Crippen LogP contribution in [0.3, 0.4) is 0 Å². The molecule has 0 spiro atoms. The van der Waals surface area contributed by atoms with E-state index in [1.807, 2.05) is 13.0 Å². The Morgan fingerprint density at radius 1 is 1.64 bits per heavy atom. The van der Waals surface area contributed by atoms with Gasteiger partial charge in [0.25, 0.3) is 0 Å². The minimum Gasteiger partial charge on any atom is -0.385 e. The third-order valence-electron chi connectivity index (χ3n) is 2.06. The summed E-state index contributed by atoms with van der Waals surface area (Å²) in [4.78, 5) is 0. The molecule has 0 bridgehead atoms. The highest BCUT2D eigenvalue weighted by Crippen LogP contribution is 2.01. The van der Waals surface area contributed by atoms with E-state index in [1.165, 1.54) is 0 Å². The van der Waals surface area contributed by atoms with Crippen molar-refractivity contribution in [2.24, 2.45) is 0 Å². The van der Waals surface area contributed by atoms with Crippen molar-refractivity contribution in [2.45, 2.75) is 32.9 Å². The van der Waals surface area contributed by atoms with Gasteiger partial charge in [0.1, 0.15) is 5.76 Å². The maximum absolute atomic E-state index is 4.99. The molecular weight excluding hydrogens is 180 g/mol. The third kappa shape index (κ3) is 3.89. The summed E-state index contributed by atoms with van der Waals surface area (Å²) in [7, 11) is 1.72. The molecule has 14 heavy (non-hydrogen) atoms. The van der Waals surface area contributed by atoms with Crippen LogP contribution in [0.4, 0.5) is 0 Å². The number of nitrogens with zero attached hydrogens (tertiary/aromatic N) is 1. The first kappa shape index (κ1) is 11.2. The van der Waals surface area contributed by atoms with Crippen molar-refractivity contribution in [2.75, 3.05) is 13.7 Å². The van der Waals surface area contributed by atoms with Crippen LogP contribution in [-0.2, 0) is 11.3 Å². The van der Waals surface area contributed by atoms with Crippen LogP contribution in [0.1, 0.15) is 24.8 Å². The molecule has 1 rings (SSSR count). The van der Waals surface area contributed by atoms with Crippen LogP contribution < -0.4 is 5.32 Å². The third-order valence-corrected chi connectivity index (χ3v) is 2.06. The van der Waals surface area contributed by atoms with E-state index in [0.29, 0.717) is 6.04 Å². The molecule has 4 nitrogen and oxygen atoms in total. The van der Waals surface area contributed by atoms with Crippen molar-refractivity contribution in [3.05, 3.63) is 17.5 Å². The lowest BCUT2D eigenvalue weighted by Gasteiger charge is -2.11. The average Bonchev–Trinajstić information content (AvgIpc) is 2.58. The molecule has 1 aromatic rings. The number of ether oxygens (including phenoxy) is 1. The summed E-state index contributed by atoms with van der Waals surface area (Å²) in [5.74, 6) is 0.853. The quantitative estimate of drug-likeness (QED) is 0.752. The normalized spacial score (nSPS) is 13.1. The number of aryl methyl sites for hydroxylation is 1. The summed E-state index contributed by atoms with van der Waals surface area (Å²) in [6.07, 6.45) is 1.01.